The van der Waals surface area contributed by atoms with Gasteiger partial charge in [-0.2, -0.15) is 0 Å². The Labute approximate surface area is 160 Å². The van der Waals surface area contributed by atoms with Crippen LogP contribution in [0.2, 0.25) is 0 Å². The normalized spacial score (nSPS) is 30.6. The molecule has 7 nitrogen and oxygen atoms in total. The number of nitrogens with one attached hydrogen (secondary N) is 1. The minimum atomic E-state index is -0.737. The van der Waals surface area contributed by atoms with Gasteiger partial charge in [0.2, 0.25) is 0 Å². The van der Waals surface area contributed by atoms with Gasteiger partial charge in [-0.1, -0.05) is 6.92 Å². The molecule has 2 heterocycles. The Hall–Kier alpha value is -1.89. The molecule has 2 N–H and O–H groups in total. The fraction of sp³-hybridized carbons (Fsp3) is 0.750. The highest BCUT2D eigenvalue weighted by Crippen LogP contribution is 2.42. The molecule has 2 aliphatic rings. The highest BCUT2D eigenvalue weighted by molar-refractivity contribution is 5.88. The molecular formula is C20H31N3O4. The third-order valence-corrected chi connectivity index (χ3v) is 6.38. The third kappa shape index (κ3) is 4.18. The monoisotopic (exact) mass is 377 g/mol. The number of carboxylic acids is 1. The van der Waals surface area contributed by atoms with Gasteiger partial charge in [-0.15, -0.1) is 0 Å². The van der Waals surface area contributed by atoms with E-state index in [2.05, 4.69) is 17.2 Å². The quantitative estimate of drug-likeness (QED) is 0.740. The van der Waals surface area contributed by atoms with E-state index in [1.807, 2.05) is 11.5 Å². The van der Waals surface area contributed by atoms with Crippen LogP contribution in [0.1, 0.15) is 62.1 Å². The Morgan fingerprint density at radius 2 is 2.11 bits per heavy atom. The van der Waals surface area contributed by atoms with Gasteiger partial charge in [0, 0.05) is 18.3 Å². The number of aromatic nitrogens is 2. The Balaban J connectivity index is 1.67. The second-order valence-electron chi connectivity index (χ2n) is 7.96. The molecule has 1 aliphatic heterocycles. The number of rotatable bonds is 6. The number of ether oxygens (including phenoxy) is 1. The number of hydrogen-bond donors (Lipinski definition) is 2. The summed E-state index contributed by atoms with van der Waals surface area (Å²) in [6.07, 6.45) is 6.71. The second-order valence-corrected chi connectivity index (χ2v) is 7.96. The molecule has 1 saturated carbocycles. The van der Waals surface area contributed by atoms with Gasteiger partial charge in [-0.05, 0) is 63.7 Å². The summed E-state index contributed by atoms with van der Waals surface area (Å²) in [4.78, 5) is 27.7. The van der Waals surface area contributed by atoms with Crippen molar-refractivity contribution in [2.75, 3.05) is 6.61 Å². The Bertz CT molecular complexity index is 687. The van der Waals surface area contributed by atoms with Crippen LogP contribution in [0.3, 0.4) is 0 Å². The number of fused-ring (bicyclic) bond motifs is 1. The van der Waals surface area contributed by atoms with Crippen LogP contribution in [-0.2, 0) is 16.1 Å². The number of carboxylic acid groups (broad SMARTS) is 1. The first-order valence-electron chi connectivity index (χ1n) is 10.1. The molecule has 0 radical (unpaired) electrons. The van der Waals surface area contributed by atoms with Crippen LogP contribution in [-0.4, -0.2) is 45.3 Å². The molecule has 27 heavy (non-hydrogen) atoms. The van der Waals surface area contributed by atoms with Crippen LogP contribution in [0, 0.1) is 24.7 Å². The summed E-state index contributed by atoms with van der Waals surface area (Å²) < 4.78 is 7.11. The summed E-state index contributed by atoms with van der Waals surface area (Å²) in [5.41, 5.74) is 1.24. The maximum atomic E-state index is 12.0. The molecule has 1 aliphatic carbocycles. The zero-order valence-corrected chi connectivity index (χ0v) is 16.5. The van der Waals surface area contributed by atoms with Crippen molar-refractivity contribution in [3.8, 4) is 0 Å². The van der Waals surface area contributed by atoms with E-state index in [4.69, 9.17) is 4.74 Å². The average molecular weight is 377 g/mol. The summed E-state index contributed by atoms with van der Waals surface area (Å²) in [7, 11) is 0. The zero-order chi connectivity index (χ0) is 19.6. The number of nitrogens with zero attached hydrogens (tertiary/aromatic N) is 2. The van der Waals surface area contributed by atoms with E-state index in [1.165, 1.54) is 0 Å². The van der Waals surface area contributed by atoms with E-state index in [9.17, 15) is 14.7 Å². The molecule has 1 unspecified atom stereocenters. The summed E-state index contributed by atoms with van der Waals surface area (Å²) in [6, 6.07) is -0.128. The minimum absolute atomic E-state index is 0.302. The average Bonchev–Trinajstić information content (AvgIpc) is 3.01. The molecule has 150 valence electrons. The molecule has 1 aromatic heterocycles. The van der Waals surface area contributed by atoms with Gasteiger partial charge >= 0.3 is 11.9 Å². The van der Waals surface area contributed by atoms with Gasteiger partial charge in [-0.25, -0.2) is 9.78 Å². The first-order valence-corrected chi connectivity index (χ1v) is 10.1. The van der Waals surface area contributed by atoms with Crippen LogP contribution >= 0.6 is 0 Å². The van der Waals surface area contributed by atoms with E-state index in [1.54, 1.807) is 13.3 Å². The van der Waals surface area contributed by atoms with Crippen LogP contribution < -0.4 is 5.32 Å². The van der Waals surface area contributed by atoms with Crippen molar-refractivity contribution in [3.63, 3.8) is 0 Å². The number of carbonyl (C=O) groups is 2. The lowest BCUT2D eigenvalue weighted by Gasteiger charge is -2.46. The lowest BCUT2D eigenvalue weighted by molar-refractivity contribution is -0.142. The minimum Gasteiger partial charge on any atom is -0.480 e. The van der Waals surface area contributed by atoms with E-state index in [0.717, 1.165) is 37.9 Å². The molecule has 0 bridgehead atoms. The predicted octanol–water partition coefficient (Wildman–Crippen LogP) is 2.63. The molecule has 1 saturated heterocycles. The third-order valence-electron chi connectivity index (χ3n) is 6.38. The number of imidazole rings is 1. The van der Waals surface area contributed by atoms with Gasteiger partial charge in [0.1, 0.15) is 6.04 Å². The molecule has 0 amide bonds. The number of esters is 1. The smallest absolute Gasteiger partial charge is 0.358 e. The van der Waals surface area contributed by atoms with E-state index in [0.29, 0.717) is 42.5 Å². The van der Waals surface area contributed by atoms with Gasteiger partial charge in [0.05, 0.1) is 12.9 Å². The molecule has 1 aromatic rings. The standard InChI is InChI=1S/C20H31N3O4/c1-4-16-15-7-6-13(8-14(15)9-17(22-16)19(24)25)10-23-11-21-18(12(23)3)20(26)27-5-2/h11,13-17,22H,4-10H2,1-3H3,(H,24,25)/t13-,14+,15+,16?,17-/m0/s1. The summed E-state index contributed by atoms with van der Waals surface area (Å²) in [5.74, 6) is 0.397. The first kappa shape index (κ1) is 19.9. The van der Waals surface area contributed by atoms with Crippen molar-refractivity contribution in [1.29, 1.82) is 0 Å². The lowest BCUT2D eigenvalue weighted by atomic mass is 9.66. The predicted molar refractivity (Wildman–Crippen MR) is 100 cm³/mol. The van der Waals surface area contributed by atoms with Crippen molar-refractivity contribution >= 4 is 11.9 Å². The maximum Gasteiger partial charge on any atom is 0.358 e. The Morgan fingerprint density at radius 1 is 1.33 bits per heavy atom. The summed E-state index contributed by atoms with van der Waals surface area (Å²) >= 11 is 0. The Kier molecular flexibility index (Phi) is 6.19. The topological polar surface area (TPSA) is 93.5 Å². The van der Waals surface area contributed by atoms with Crippen molar-refractivity contribution in [1.82, 2.24) is 14.9 Å². The molecule has 5 atom stereocenters. The molecule has 2 fully saturated rings. The van der Waals surface area contributed by atoms with E-state index in [-0.39, 0.29) is 5.97 Å². The fourth-order valence-electron chi connectivity index (χ4n) is 5.00. The molecule has 7 heteroatoms. The van der Waals surface area contributed by atoms with Gasteiger partial charge < -0.3 is 19.7 Å². The van der Waals surface area contributed by atoms with Crippen molar-refractivity contribution in [2.45, 2.75) is 71.5 Å². The molecule has 0 spiro atoms. The SMILES string of the molecule is CCOC(=O)c1ncn(C[C@H]2CC[C@H]3C(CC)N[C@H](C(=O)O)C[C@H]3C2)c1C. The number of aliphatic carboxylic acids is 1. The maximum absolute atomic E-state index is 12.0. The lowest BCUT2D eigenvalue weighted by Crippen LogP contribution is -2.55. The molecule has 0 aromatic carbocycles. The first-order chi connectivity index (χ1) is 12.9. The summed E-state index contributed by atoms with van der Waals surface area (Å²) in [5, 5.41) is 12.8. The van der Waals surface area contributed by atoms with Crippen molar-refractivity contribution < 1.29 is 19.4 Å². The molecular weight excluding hydrogens is 346 g/mol. The van der Waals surface area contributed by atoms with Gasteiger partial charge in [0.25, 0.3) is 0 Å². The van der Waals surface area contributed by atoms with E-state index >= 15 is 0 Å². The van der Waals surface area contributed by atoms with Gasteiger partial charge in [-0.3, -0.25) is 4.79 Å². The number of carbonyl (C=O) groups excluding carboxylic acids is 1. The van der Waals surface area contributed by atoms with E-state index < -0.39 is 12.0 Å². The van der Waals surface area contributed by atoms with Crippen LogP contribution in [0.5, 0.6) is 0 Å². The number of piperidine rings is 1. The zero-order valence-electron chi connectivity index (χ0n) is 16.5. The fourth-order valence-corrected chi connectivity index (χ4v) is 5.00. The summed E-state index contributed by atoms with van der Waals surface area (Å²) in [6.45, 7) is 6.99. The van der Waals surface area contributed by atoms with Crippen molar-refractivity contribution in [2.24, 2.45) is 17.8 Å². The number of hydrogen-bond acceptors (Lipinski definition) is 5. The van der Waals surface area contributed by atoms with Crippen molar-refractivity contribution in [3.05, 3.63) is 17.7 Å². The Morgan fingerprint density at radius 3 is 2.78 bits per heavy atom. The van der Waals surface area contributed by atoms with Crippen LogP contribution in [0.4, 0.5) is 0 Å². The second kappa shape index (κ2) is 8.42. The van der Waals surface area contributed by atoms with Crippen LogP contribution in [0.15, 0.2) is 6.33 Å². The van der Waals surface area contributed by atoms with Gasteiger partial charge in [0.15, 0.2) is 5.69 Å². The highest BCUT2D eigenvalue weighted by Gasteiger charge is 2.42. The highest BCUT2D eigenvalue weighted by atomic mass is 16.5. The molecule has 3 rings (SSSR count). The largest absolute Gasteiger partial charge is 0.480 e. The van der Waals surface area contributed by atoms with Crippen LogP contribution in [0.25, 0.3) is 0 Å².